The summed E-state index contributed by atoms with van der Waals surface area (Å²) in [5.74, 6) is 2.56. The van der Waals surface area contributed by atoms with E-state index in [0.717, 1.165) is 56.4 Å². The van der Waals surface area contributed by atoms with E-state index in [2.05, 4.69) is 54.0 Å². The minimum absolute atomic E-state index is 0.184. The van der Waals surface area contributed by atoms with Crippen LogP contribution in [0, 0.1) is 0 Å². The number of methoxy groups -OCH3 is 2. The molecule has 1 aliphatic rings. The maximum absolute atomic E-state index is 5.99. The van der Waals surface area contributed by atoms with Gasteiger partial charge in [-0.3, -0.25) is 4.90 Å². The predicted octanol–water partition coefficient (Wildman–Crippen LogP) is 3.86. The molecule has 3 rings (SSSR count). The van der Waals surface area contributed by atoms with E-state index in [1.165, 1.54) is 11.3 Å². The molecule has 0 unspecified atom stereocenters. The van der Waals surface area contributed by atoms with Crippen LogP contribution < -0.4 is 19.1 Å². The third kappa shape index (κ3) is 5.10. The van der Waals surface area contributed by atoms with Gasteiger partial charge in [-0.15, -0.1) is 0 Å². The third-order valence-corrected chi connectivity index (χ3v) is 5.11. The first-order chi connectivity index (χ1) is 13.6. The number of benzene rings is 2. The van der Waals surface area contributed by atoms with Gasteiger partial charge in [0.1, 0.15) is 5.75 Å². The number of ether oxygens (including phenoxy) is 3. The molecule has 0 radical (unpaired) electrons. The fourth-order valence-electron chi connectivity index (χ4n) is 3.61. The molecule has 2 aromatic rings. The van der Waals surface area contributed by atoms with Crippen LogP contribution in [0.4, 0.5) is 5.69 Å². The van der Waals surface area contributed by atoms with E-state index in [9.17, 15) is 0 Å². The van der Waals surface area contributed by atoms with Crippen molar-refractivity contribution in [2.75, 3.05) is 51.8 Å². The van der Waals surface area contributed by atoms with Crippen molar-refractivity contribution in [1.82, 2.24) is 4.90 Å². The van der Waals surface area contributed by atoms with Crippen LogP contribution in [0.25, 0.3) is 0 Å². The summed E-state index contributed by atoms with van der Waals surface area (Å²) in [6.45, 7) is 9.35. The first-order valence-corrected chi connectivity index (χ1v) is 10.0. The zero-order valence-electron chi connectivity index (χ0n) is 17.5. The molecule has 1 heterocycles. The Morgan fingerprint density at radius 3 is 2.25 bits per heavy atom. The average molecular weight is 385 g/mol. The monoisotopic (exact) mass is 384 g/mol. The molecule has 0 atom stereocenters. The van der Waals surface area contributed by atoms with Crippen LogP contribution in [0.15, 0.2) is 42.5 Å². The van der Waals surface area contributed by atoms with Gasteiger partial charge in [0.2, 0.25) is 0 Å². The lowest BCUT2D eigenvalue weighted by Gasteiger charge is -2.37. The van der Waals surface area contributed by atoms with E-state index in [1.807, 2.05) is 12.1 Å². The Labute approximate surface area is 168 Å². The minimum atomic E-state index is 0.184. The van der Waals surface area contributed by atoms with Crippen LogP contribution in [0.3, 0.4) is 0 Å². The maximum atomic E-state index is 5.99. The summed E-state index contributed by atoms with van der Waals surface area (Å²) in [4.78, 5) is 4.96. The lowest BCUT2D eigenvalue weighted by atomic mass is 10.1. The highest BCUT2D eigenvalue weighted by atomic mass is 16.5. The lowest BCUT2D eigenvalue weighted by Crippen LogP contribution is -2.47. The Kier molecular flexibility index (Phi) is 7.04. The summed E-state index contributed by atoms with van der Waals surface area (Å²) < 4.78 is 16.7. The van der Waals surface area contributed by atoms with E-state index < -0.39 is 0 Å². The van der Waals surface area contributed by atoms with Gasteiger partial charge in [-0.25, -0.2) is 0 Å². The Hall–Kier alpha value is -2.40. The lowest BCUT2D eigenvalue weighted by molar-refractivity contribution is 0.238. The summed E-state index contributed by atoms with van der Waals surface area (Å²) in [6.07, 6.45) is 1.19. The summed E-state index contributed by atoms with van der Waals surface area (Å²) >= 11 is 0. The molecule has 0 saturated carbocycles. The Morgan fingerprint density at radius 1 is 0.857 bits per heavy atom. The number of hydrogen-bond donors (Lipinski definition) is 0. The maximum Gasteiger partial charge on any atom is 0.160 e. The highest BCUT2D eigenvalue weighted by Gasteiger charge is 2.20. The van der Waals surface area contributed by atoms with E-state index in [0.29, 0.717) is 0 Å². The van der Waals surface area contributed by atoms with Crippen molar-refractivity contribution in [3.63, 3.8) is 0 Å². The first-order valence-electron chi connectivity index (χ1n) is 10.0. The van der Waals surface area contributed by atoms with Gasteiger partial charge in [-0.1, -0.05) is 18.2 Å². The first kappa shape index (κ1) is 20.3. The summed E-state index contributed by atoms with van der Waals surface area (Å²) in [5.41, 5.74) is 2.48. The minimum Gasteiger partial charge on any atom is -0.493 e. The zero-order valence-corrected chi connectivity index (χ0v) is 17.5. The van der Waals surface area contributed by atoms with Crippen LogP contribution in [-0.2, 0) is 6.42 Å². The van der Waals surface area contributed by atoms with Crippen LogP contribution >= 0.6 is 0 Å². The van der Waals surface area contributed by atoms with Crippen molar-refractivity contribution in [3.05, 3.63) is 48.0 Å². The number of anilines is 1. The molecule has 1 fully saturated rings. The molecule has 0 N–H and O–H groups in total. The van der Waals surface area contributed by atoms with Gasteiger partial charge in [-0.2, -0.15) is 0 Å². The van der Waals surface area contributed by atoms with Crippen LogP contribution in [0.5, 0.6) is 17.2 Å². The molecular formula is C23H32N2O3. The molecule has 5 heteroatoms. The topological polar surface area (TPSA) is 34.2 Å². The van der Waals surface area contributed by atoms with Gasteiger partial charge in [0.15, 0.2) is 11.5 Å². The van der Waals surface area contributed by atoms with Gasteiger partial charge >= 0.3 is 0 Å². The second kappa shape index (κ2) is 9.69. The van der Waals surface area contributed by atoms with E-state index >= 15 is 0 Å². The standard InChI is InChI=1S/C23H32N2O3/c1-18(2)28-21-8-6-5-7-20(21)25-15-13-24(14-16-25)12-11-19-9-10-22(26-3)23(17-19)27-4/h5-10,17-18H,11-16H2,1-4H3. The molecule has 28 heavy (non-hydrogen) atoms. The predicted molar refractivity (Wildman–Crippen MR) is 114 cm³/mol. The number of nitrogens with zero attached hydrogens (tertiary/aromatic N) is 2. The van der Waals surface area contributed by atoms with Gasteiger partial charge in [0, 0.05) is 32.7 Å². The van der Waals surface area contributed by atoms with Crippen LogP contribution in [0.2, 0.25) is 0 Å². The molecule has 0 amide bonds. The smallest absolute Gasteiger partial charge is 0.160 e. The highest BCUT2D eigenvalue weighted by molar-refractivity contribution is 5.58. The van der Waals surface area contributed by atoms with Crippen molar-refractivity contribution in [2.45, 2.75) is 26.4 Å². The van der Waals surface area contributed by atoms with Crippen LogP contribution in [-0.4, -0.2) is 57.9 Å². The zero-order chi connectivity index (χ0) is 19.9. The molecule has 2 aromatic carbocycles. The second-order valence-electron chi connectivity index (χ2n) is 7.40. The molecule has 152 valence electrons. The van der Waals surface area contributed by atoms with Crippen molar-refractivity contribution < 1.29 is 14.2 Å². The van der Waals surface area contributed by atoms with Crippen molar-refractivity contribution in [3.8, 4) is 17.2 Å². The number of para-hydroxylation sites is 2. The highest BCUT2D eigenvalue weighted by Crippen LogP contribution is 2.30. The molecule has 0 bridgehead atoms. The third-order valence-electron chi connectivity index (χ3n) is 5.11. The van der Waals surface area contributed by atoms with Gasteiger partial charge < -0.3 is 19.1 Å². The van der Waals surface area contributed by atoms with Crippen LogP contribution in [0.1, 0.15) is 19.4 Å². The number of piperazine rings is 1. The van der Waals surface area contributed by atoms with E-state index in [-0.39, 0.29) is 6.10 Å². The number of hydrogen-bond acceptors (Lipinski definition) is 5. The summed E-state index contributed by atoms with van der Waals surface area (Å²) in [6, 6.07) is 14.5. The largest absolute Gasteiger partial charge is 0.493 e. The van der Waals surface area contributed by atoms with Gasteiger partial charge in [0.25, 0.3) is 0 Å². The average Bonchev–Trinajstić information content (AvgIpc) is 2.72. The second-order valence-corrected chi connectivity index (χ2v) is 7.40. The Bertz CT molecular complexity index is 755. The Morgan fingerprint density at radius 2 is 1.57 bits per heavy atom. The normalized spacial score (nSPS) is 15.0. The van der Waals surface area contributed by atoms with Crippen molar-refractivity contribution in [2.24, 2.45) is 0 Å². The molecule has 0 aliphatic carbocycles. The Balaban J connectivity index is 1.54. The molecule has 5 nitrogen and oxygen atoms in total. The molecule has 0 spiro atoms. The quantitative estimate of drug-likeness (QED) is 0.690. The summed E-state index contributed by atoms with van der Waals surface area (Å²) in [5, 5.41) is 0. The van der Waals surface area contributed by atoms with Crippen molar-refractivity contribution >= 4 is 5.69 Å². The van der Waals surface area contributed by atoms with Crippen molar-refractivity contribution in [1.29, 1.82) is 0 Å². The SMILES string of the molecule is COc1ccc(CCN2CCN(c3ccccc3OC(C)C)CC2)cc1OC. The van der Waals surface area contributed by atoms with Gasteiger partial charge in [-0.05, 0) is 50.1 Å². The van der Waals surface area contributed by atoms with Gasteiger partial charge in [0.05, 0.1) is 26.0 Å². The van der Waals surface area contributed by atoms with E-state index in [1.54, 1.807) is 14.2 Å². The molecular weight excluding hydrogens is 352 g/mol. The molecule has 1 aliphatic heterocycles. The fourth-order valence-corrected chi connectivity index (χ4v) is 3.61. The summed E-state index contributed by atoms with van der Waals surface area (Å²) in [7, 11) is 3.35. The number of rotatable bonds is 8. The molecule has 1 saturated heterocycles. The molecule has 0 aromatic heterocycles. The van der Waals surface area contributed by atoms with E-state index in [4.69, 9.17) is 14.2 Å². The fraction of sp³-hybridized carbons (Fsp3) is 0.478.